The van der Waals surface area contributed by atoms with Crippen LogP contribution in [0.1, 0.15) is 36.6 Å². The van der Waals surface area contributed by atoms with Gasteiger partial charge in [-0.1, -0.05) is 36.8 Å². The molecule has 0 amide bonds. The maximum Gasteiger partial charge on any atom is 0.314 e. The highest BCUT2D eigenvalue weighted by atomic mass is 16.4. The first-order valence-electron chi connectivity index (χ1n) is 7.74. The third-order valence-corrected chi connectivity index (χ3v) is 3.55. The minimum Gasteiger partial charge on any atom is -0.481 e. The first kappa shape index (κ1) is 16.9. The molecule has 0 aliphatic carbocycles. The molecule has 6 heteroatoms. The fourth-order valence-corrected chi connectivity index (χ4v) is 2.28. The van der Waals surface area contributed by atoms with Gasteiger partial charge in [-0.2, -0.15) is 0 Å². The number of rotatable bonds is 9. The van der Waals surface area contributed by atoms with Crippen molar-refractivity contribution in [2.75, 3.05) is 11.9 Å². The third-order valence-electron chi connectivity index (χ3n) is 3.55. The normalized spacial score (nSPS) is 11.9. The number of unbranched alkanes of at least 4 members (excludes halogenated alkanes) is 1. The van der Waals surface area contributed by atoms with Gasteiger partial charge in [-0.3, -0.25) is 4.79 Å². The predicted octanol–water partition coefficient (Wildman–Crippen LogP) is 2.39. The Hall–Kier alpha value is -2.47. The van der Waals surface area contributed by atoms with Gasteiger partial charge in [0.1, 0.15) is 17.6 Å². The number of carbonyl (C=O) groups is 1. The molecule has 0 saturated carbocycles. The van der Waals surface area contributed by atoms with Gasteiger partial charge in [-0.05, 0) is 31.0 Å². The average molecular weight is 314 g/mol. The first-order chi connectivity index (χ1) is 11.2. The van der Waals surface area contributed by atoms with Crippen molar-refractivity contribution < 1.29 is 9.90 Å². The number of benzene rings is 1. The van der Waals surface area contributed by atoms with Gasteiger partial charge in [0.25, 0.3) is 0 Å². The molecule has 0 fully saturated rings. The second kappa shape index (κ2) is 8.85. The molecule has 0 aliphatic rings. The van der Waals surface area contributed by atoms with Crippen molar-refractivity contribution in [3.8, 4) is 0 Å². The lowest BCUT2D eigenvalue weighted by Crippen LogP contribution is -2.16. The highest BCUT2D eigenvalue weighted by molar-refractivity contribution is 5.74. The number of hydrogen-bond acceptors (Lipinski definition) is 5. The van der Waals surface area contributed by atoms with Gasteiger partial charge in [0, 0.05) is 12.7 Å². The van der Waals surface area contributed by atoms with E-state index >= 15 is 0 Å². The molecular formula is C17H22N4O2. The summed E-state index contributed by atoms with van der Waals surface area (Å²) < 4.78 is 0. The molecule has 2 rings (SSSR count). The molecule has 0 saturated heterocycles. The van der Waals surface area contributed by atoms with Gasteiger partial charge >= 0.3 is 5.97 Å². The predicted molar refractivity (Wildman–Crippen MR) is 89.1 cm³/mol. The Morgan fingerprint density at radius 2 is 2.00 bits per heavy atom. The van der Waals surface area contributed by atoms with Crippen LogP contribution in [-0.2, 0) is 11.3 Å². The third kappa shape index (κ3) is 5.34. The molecule has 1 aromatic heterocycles. The number of nitrogens with two attached hydrogens (primary N) is 1. The zero-order valence-electron chi connectivity index (χ0n) is 13.0. The lowest BCUT2D eigenvalue weighted by Gasteiger charge is -2.12. The van der Waals surface area contributed by atoms with Crippen LogP contribution in [0.15, 0.2) is 42.6 Å². The van der Waals surface area contributed by atoms with Crippen molar-refractivity contribution in [2.45, 2.75) is 31.7 Å². The van der Waals surface area contributed by atoms with E-state index in [0.29, 0.717) is 31.2 Å². The zero-order chi connectivity index (χ0) is 16.5. The summed E-state index contributed by atoms with van der Waals surface area (Å²) in [4.78, 5) is 19.9. The quantitative estimate of drug-likeness (QED) is 0.614. The lowest BCUT2D eigenvalue weighted by molar-refractivity contribution is -0.139. The van der Waals surface area contributed by atoms with E-state index in [1.165, 1.54) is 0 Å². The van der Waals surface area contributed by atoms with Crippen molar-refractivity contribution in [2.24, 2.45) is 5.73 Å². The SMILES string of the molecule is NCCCCC(C(=O)O)c1nccc(NCc2ccccc2)n1. The van der Waals surface area contributed by atoms with Crippen molar-refractivity contribution in [1.29, 1.82) is 0 Å². The van der Waals surface area contributed by atoms with Crippen molar-refractivity contribution in [1.82, 2.24) is 9.97 Å². The van der Waals surface area contributed by atoms with Crippen LogP contribution in [0.4, 0.5) is 5.82 Å². The Bertz CT molecular complexity index is 619. The van der Waals surface area contributed by atoms with Gasteiger partial charge in [-0.25, -0.2) is 9.97 Å². The molecule has 1 atom stereocenters. The molecular weight excluding hydrogens is 292 g/mol. The van der Waals surface area contributed by atoms with E-state index in [0.717, 1.165) is 18.4 Å². The van der Waals surface area contributed by atoms with E-state index < -0.39 is 11.9 Å². The van der Waals surface area contributed by atoms with Crippen LogP contribution in [0.2, 0.25) is 0 Å². The van der Waals surface area contributed by atoms with Gasteiger partial charge < -0.3 is 16.2 Å². The minimum absolute atomic E-state index is 0.340. The van der Waals surface area contributed by atoms with E-state index in [2.05, 4.69) is 15.3 Å². The standard InChI is InChI=1S/C17H22N4O2/c18-10-5-4-8-14(17(22)23)16-19-11-9-15(21-16)20-12-13-6-2-1-3-7-13/h1-3,6-7,9,11,14H,4-5,8,10,12,18H2,(H,22,23)(H,19,20,21). The fraction of sp³-hybridized carbons (Fsp3) is 0.353. The molecule has 0 bridgehead atoms. The second-order valence-electron chi connectivity index (χ2n) is 5.31. The van der Waals surface area contributed by atoms with Gasteiger partial charge in [0.15, 0.2) is 0 Å². The van der Waals surface area contributed by atoms with Crippen molar-refractivity contribution in [3.05, 3.63) is 54.0 Å². The number of carboxylic acids is 1. The molecule has 1 aromatic carbocycles. The van der Waals surface area contributed by atoms with Crippen LogP contribution in [0.5, 0.6) is 0 Å². The molecule has 1 heterocycles. The van der Waals surface area contributed by atoms with Gasteiger partial charge in [-0.15, -0.1) is 0 Å². The molecule has 23 heavy (non-hydrogen) atoms. The smallest absolute Gasteiger partial charge is 0.314 e. The van der Waals surface area contributed by atoms with Crippen molar-refractivity contribution in [3.63, 3.8) is 0 Å². The van der Waals surface area contributed by atoms with E-state index in [1.807, 2.05) is 30.3 Å². The summed E-state index contributed by atoms with van der Waals surface area (Å²) in [6.07, 6.45) is 3.64. The Morgan fingerprint density at radius 1 is 1.22 bits per heavy atom. The number of hydrogen-bond donors (Lipinski definition) is 3. The summed E-state index contributed by atoms with van der Waals surface area (Å²) in [5, 5.41) is 12.6. The topological polar surface area (TPSA) is 101 Å². The fourth-order valence-electron chi connectivity index (χ4n) is 2.28. The Kier molecular flexibility index (Phi) is 6.50. The maximum atomic E-state index is 11.5. The zero-order valence-corrected chi connectivity index (χ0v) is 13.0. The number of nitrogens with one attached hydrogen (secondary N) is 1. The summed E-state index contributed by atoms with van der Waals surface area (Å²) in [5.74, 6) is -0.626. The highest BCUT2D eigenvalue weighted by Crippen LogP contribution is 2.20. The van der Waals surface area contributed by atoms with E-state index in [-0.39, 0.29) is 0 Å². The van der Waals surface area contributed by atoms with Crippen LogP contribution in [-0.4, -0.2) is 27.6 Å². The average Bonchev–Trinajstić information content (AvgIpc) is 2.58. The Morgan fingerprint density at radius 3 is 2.70 bits per heavy atom. The molecule has 6 nitrogen and oxygen atoms in total. The second-order valence-corrected chi connectivity index (χ2v) is 5.31. The van der Waals surface area contributed by atoms with Gasteiger partial charge in [0.05, 0.1) is 0 Å². The molecule has 4 N–H and O–H groups in total. The number of aromatic nitrogens is 2. The molecule has 1 unspecified atom stereocenters. The van der Waals surface area contributed by atoms with Crippen LogP contribution in [0, 0.1) is 0 Å². The number of nitrogens with zero attached hydrogens (tertiary/aromatic N) is 2. The molecule has 0 radical (unpaired) electrons. The van der Waals surface area contributed by atoms with Crippen LogP contribution < -0.4 is 11.1 Å². The molecule has 0 spiro atoms. The van der Waals surface area contributed by atoms with Gasteiger partial charge in [0.2, 0.25) is 0 Å². The monoisotopic (exact) mass is 314 g/mol. The van der Waals surface area contributed by atoms with Crippen LogP contribution in [0.3, 0.4) is 0 Å². The summed E-state index contributed by atoms with van der Waals surface area (Å²) in [7, 11) is 0. The largest absolute Gasteiger partial charge is 0.481 e. The molecule has 0 aliphatic heterocycles. The summed E-state index contributed by atoms with van der Waals surface area (Å²) in [6, 6.07) is 11.7. The van der Waals surface area contributed by atoms with E-state index in [1.54, 1.807) is 12.3 Å². The van der Waals surface area contributed by atoms with Crippen LogP contribution >= 0.6 is 0 Å². The Balaban J connectivity index is 2.03. The summed E-state index contributed by atoms with van der Waals surface area (Å²) >= 11 is 0. The van der Waals surface area contributed by atoms with E-state index in [4.69, 9.17) is 5.73 Å². The van der Waals surface area contributed by atoms with Crippen LogP contribution in [0.25, 0.3) is 0 Å². The minimum atomic E-state index is -0.901. The summed E-state index contributed by atoms with van der Waals surface area (Å²) in [5.41, 5.74) is 6.59. The Labute approximate surface area is 135 Å². The van der Waals surface area contributed by atoms with Crippen molar-refractivity contribution >= 4 is 11.8 Å². The maximum absolute atomic E-state index is 11.5. The molecule has 122 valence electrons. The number of aliphatic carboxylic acids is 1. The van der Waals surface area contributed by atoms with E-state index in [9.17, 15) is 9.90 Å². The highest BCUT2D eigenvalue weighted by Gasteiger charge is 2.22. The molecule has 2 aromatic rings. The summed E-state index contributed by atoms with van der Waals surface area (Å²) in [6.45, 7) is 1.19. The lowest BCUT2D eigenvalue weighted by atomic mass is 10.0. The number of anilines is 1. The first-order valence-corrected chi connectivity index (χ1v) is 7.74. The number of carboxylic acid groups (broad SMARTS) is 1.